The summed E-state index contributed by atoms with van der Waals surface area (Å²) in [6.45, 7) is 0.722. The molecule has 0 amide bonds. The third kappa shape index (κ3) is 7.42. The predicted molar refractivity (Wildman–Crippen MR) is 126 cm³/mol. The van der Waals surface area contributed by atoms with Gasteiger partial charge in [0.05, 0.1) is 13.7 Å². The third-order valence-electron chi connectivity index (χ3n) is 5.76. The molecule has 0 fully saturated rings. The lowest BCUT2D eigenvalue weighted by Gasteiger charge is -2.30. The molecule has 1 aliphatic rings. The van der Waals surface area contributed by atoms with E-state index in [-0.39, 0.29) is 24.8 Å². The number of ether oxygens (including phenoxy) is 2. The van der Waals surface area contributed by atoms with Gasteiger partial charge < -0.3 is 19.2 Å². The highest BCUT2D eigenvalue weighted by Gasteiger charge is 2.43. The van der Waals surface area contributed by atoms with Crippen LogP contribution in [0.15, 0.2) is 54.6 Å². The fourth-order valence-electron chi connectivity index (χ4n) is 3.92. The molecule has 0 atom stereocenters. The summed E-state index contributed by atoms with van der Waals surface area (Å²) in [7, 11) is 1.28. The van der Waals surface area contributed by atoms with Crippen LogP contribution in [-0.4, -0.2) is 48.7 Å². The van der Waals surface area contributed by atoms with Crippen molar-refractivity contribution in [1.82, 2.24) is 9.97 Å². The van der Waals surface area contributed by atoms with E-state index in [4.69, 9.17) is 4.74 Å². The fraction of sp³-hybridized carbons (Fsp3) is 0.320. The van der Waals surface area contributed by atoms with Crippen molar-refractivity contribution in [2.24, 2.45) is 0 Å². The summed E-state index contributed by atoms with van der Waals surface area (Å²) < 4.78 is 85.4. The van der Waals surface area contributed by atoms with Gasteiger partial charge in [-0.15, -0.1) is 13.2 Å². The van der Waals surface area contributed by atoms with Crippen LogP contribution in [0, 0.1) is 0 Å². The Morgan fingerprint density at radius 3 is 2.33 bits per heavy atom. The van der Waals surface area contributed by atoms with E-state index in [1.165, 1.54) is 30.9 Å². The Hall–Kier alpha value is -4.23. The topological polar surface area (TPSA) is 77.0 Å². The monoisotopic (exact) mass is 556 g/mol. The number of carbonyl (C=O) groups is 1. The molecular formula is C25H22F6N4O4. The summed E-state index contributed by atoms with van der Waals surface area (Å²) in [6, 6.07) is 13.8. The van der Waals surface area contributed by atoms with Gasteiger partial charge in [0.15, 0.2) is 5.82 Å². The lowest BCUT2D eigenvalue weighted by Crippen LogP contribution is -2.37. The molecule has 2 aromatic carbocycles. The number of aromatic nitrogens is 2. The lowest BCUT2D eigenvalue weighted by atomic mass is 10.00. The predicted octanol–water partition coefficient (Wildman–Crippen LogP) is 5.02. The van der Waals surface area contributed by atoms with Crippen LogP contribution in [0.5, 0.6) is 11.8 Å². The molecule has 8 nitrogen and oxygen atoms in total. The molecule has 1 aromatic heterocycles. The summed E-state index contributed by atoms with van der Waals surface area (Å²) >= 11 is 0. The third-order valence-corrected chi connectivity index (χ3v) is 5.76. The second-order valence-electron chi connectivity index (χ2n) is 8.43. The number of halogens is 6. The number of rotatable bonds is 8. The maximum atomic E-state index is 13.1. The molecule has 4 rings (SSSR count). The first-order chi connectivity index (χ1) is 18.4. The van der Waals surface area contributed by atoms with E-state index >= 15 is 0 Å². The van der Waals surface area contributed by atoms with Crippen molar-refractivity contribution in [2.75, 3.05) is 30.2 Å². The SMILES string of the molecule is COc1nc(N2CCc3ccccc3C2)cc(N(CCc2ccc(OC(F)(F)F)cc2)OC(=O)C(F)(F)F)n1. The Kier molecular flexibility index (Phi) is 8.02. The van der Waals surface area contributed by atoms with Gasteiger partial charge in [-0.05, 0) is 41.7 Å². The van der Waals surface area contributed by atoms with Crippen LogP contribution in [0.4, 0.5) is 38.0 Å². The number of benzene rings is 2. The summed E-state index contributed by atoms with van der Waals surface area (Å²) in [6.07, 6.45) is -9.47. The maximum absolute atomic E-state index is 13.1. The molecule has 0 bridgehead atoms. The first kappa shape index (κ1) is 27.8. The quantitative estimate of drug-likeness (QED) is 0.283. The fourth-order valence-corrected chi connectivity index (χ4v) is 3.92. The zero-order chi connectivity index (χ0) is 28.2. The highest BCUT2D eigenvalue weighted by Crippen LogP contribution is 2.29. The summed E-state index contributed by atoms with van der Waals surface area (Å²) in [5.74, 6) is -2.76. The van der Waals surface area contributed by atoms with Crippen LogP contribution < -0.4 is 19.4 Å². The van der Waals surface area contributed by atoms with Gasteiger partial charge in [-0.1, -0.05) is 36.4 Å². The number of hydroxylamine groups is 1. The Morgan fingerprint density at radius 2 is 1.69 bits per heavy atom. The van der Waals surface area contributed by atoms with Crippen molar-refractivity contribution in [1.29, 1.82) is 0 Å². The number of carbonyl (C=O) groups excluding carboxylic acids is 1. The van der Waals surface area contributed by atoms with E-state index in [1.54, 1.807) is 0 Å². The van der Waals surface area contributed by atoms with Crippen LogP contribution in [0.3, 0.4) is 0 Å². The highest BCUT2D eigenvalue weighted by atomic mass is 19.4. The van der Waals surface area contributed by atoms with Crippen molar-refractivity contribution in [3.63, 3.8) is 0 Å². The lowest BCUT2D eigenvalue weighted by molar-refractivity contribution is -0.274. The molecule has 0 N–H and O–H groups in total. The van der Waals surface area contributed by atoms with Gasteiger partial charge in [-0.25, -0.2) is 4.79 Å². The van der Waals surface area contributed by atoms with Crippen molar-refractivity contribution < 1.29 is 45.4 Å². The van der Waals surface area contributed by atoms with Gasteiger partial charge in [0.2, 0.25) is 0 Å². The molecule has 1 aliphatic heterocycles. The van der Waals surface area contributed by atoms with E-state index in [0.717, 1.165) is 17.7 Å². The van der Waals surface area contributed by atoms with Crippen molar-refractivity contribution in [2.45, 2.75) is 31.9 Å². The average Bonchev–Trinajstić information content (AvgIpc) is 2.89. The van der Waals surface area contributed by atoms with E-state index in [2.05, 4.69) is 19.5 Å². The molecule has 0 radical (unpaired) electrons. The summed E-state index contributed by atoms with van der Waals surface area (Å²) in [4.78, 5) is 26.6. The maximum Gasteiger partial charge on any atom is 0.573 e. The van der Waals surface area contributed by atoms with E-state index < -0.39 is 24.3 Å². The molecule has 0 spiro atoms. The van der Waals surface area contributed by atoms with Crippen molar-refractivity contribution in [3.8, 4) is 11.8 Å². The molecule has 2 heterocycles. The molecule has 3 aromatic rings. The number of hydrogen-bond acceptors (Lipinski definition) is 8. The highest BCUT2D eigenvalue weighted by molar-refractivity contribution is 5.76. The van der Waals surface area contributed by atoms with Gasteiger partial charge in [0, 0.05) is 19.2 Å². The summed E-state index contributed by atoms with van der Waals surface area (Å²) in [5, 5.41) is 0.654. The van der Waals surface area contributed by atoms with E-state index in [1.807, 2.05) is 29.2 Å². The first-order valence-corrected chi connectivity index (χ1v) is 11.6. The van der Waals surface area contributed by atoms with Crippen molar-refractivity contribution >= 4 is 17.6 Å². The molecule has 39 heavy (non-hydrogen) atoms. The first-order valence-electron chi connectivity index (χ1n) is 11.6. The minimum absolute atomic E-state index is 0.0177. The molecule has 0 saturated heterocycles. The number of nitrogens with zero attached hydrogens (tertiary/aromatic N) is 4. The minimum Gasteiger partial charge on any atom is -0.467 e. The minimum atomic E-state index is -5.29. The van der Waals surface area contributed by atoms with Gasteiger partial charge >= 0.3 is 24.5 Å². The van der Waals surface area contributed by atoms with Crippen LogP contribution in [0.25, 0.3) is 0 Å². The average molecular weight is 556 g/mol. The zero-order valence-corrected chi connectivity index (χ0v) is 20.4. The normalized spacial score (nSPS) is 13.5. The molecular weight excluding hydrogens is 534 g/mol. The molecule has 0 unspecified atom stereocenters. The Morgan fingerprint density at radius 1 is 1.00 bits per heavy atom. The van der Waals surface area contributed by atoms with E-state index in [0.29, 0.717) is 36.0 Å². The number of alkyl halides is 6. The van der Waals surface area contributed by atoms with Crippen LogP contribution in [0.1, 0.15) is 16.7 Å². The van der Waals surface area contributed by atoms with Crippen LogP contribution in [0.2, 0.25) is 0 Å². The van der Waals surface area contributed by atoms with Crippen molar-refractivity contribution in [3.05, 3.63) is 71.3 Å². The number of fused-ring (bicyclic) bond motifs is 1. The van der Waals surface area contributed by atoms with Crippen LogP contribution in [-0.2, 0) is 29.0 Å². The Labute approximate surface area is 218 Å². The Bertz CT molecular complexity index is 1300. The molecule has 0 aliphatic carbocycles. The number of hydrogen-bond donors (Lipinski definition) is 0. The second kappa shape index (κ2) is 11.3. The van der Waals surface area contributed by atoms with Gasteiger partial charge in [-0.2, -0.15) is 28.2 Å². The van der Waals surface area contributed by atoms with Crippen LogP contribution >= 0.6 is 0 Å². The summed E-state index contributed by atoms with van der Waals surface area (Å²) in [5.41, 5.74) is 2.66. The smallest absolute Gasteiger partial charge is 0.467 e. The number of anilines is 2. The second-order valence-corrected chi connectivity index (χ2v) is 8.43. The van der Waals surface area contributed by atoms with Gasteiger partial charge in [0.25, 0.3) is 0 Å². The largest absolute Gasteiger partial charge is 0.573 e. The molecule has 0 saturated carbocycles. The van der Waals surface area contributed by atoms with E-state index in [9.17, 15) is 31.1 Å². The Balaban J connectivity index is 1.59. The van der Waals surface area contributed by atoms with Gasteiger partial charge in [-0.3, -0.25) is 0 Å². The molecule has 14 heteroatoms. The zero-order valence-electron chi connectivity index (χ0n) is 20.4. The number of methoxy groups -OCH3 is 1. The molecule has 208 valence electrons. The standard InChI is InChI=1S/C25H22F6N4O4/c1-37-23-32-20(34-12-11-17-4-2-3-5-18(17)15-34)14-21(33-23)35(39-22(36)24(26,27)28)13-10-16-6-8-19(9-7-16)38-25(29,30)31/h2-9,14H,10-13,15H2,1H3. The van der Waals surface area contributed by atoms with Gasteiger partial charge in [0.1, 0.15) is 11.6 Å².